The zero-order valence-corrected chi connectivity index (χ0v) is 33.1. The average molecular weight is 816 g/mol. The van der Waals surface area contributed by atoms with Gasteiger partial charge in [-0.05, 0) is 70.4 Å². The largest absolute Gasteiger partial charge is 0.481 e. The topological polar surface area (TPSA) is 235 Å². The number of benzene rings is 1. The maximum Gasteiger partial charge on any atom is 0.416 e. The van der Waals surface area contributed by atoms with Crippen molar-refractivity contribution in [3.05, 3.63) is 70.4 Å². The van der Waals surface area contributed by atoms with Gasteiger partial charge in [-0.1, -0.05) is 6.92 Å². The first-order valence-electron chi connectivity index (χ1n) is 18.3. The second-order valence-corrected chi connectivity index (χ2v) is 15.3. The minimum absolute atomic E-state index is 0.000949. The number of methoxy groups -OCH3 is 1. The van der Waals surface area contributed by atoms with Crippen molar-refractivity contribution in [2.24, 2.45) is 16.6 Å². The fraction of sp³-hybridized carbons (Fsp3) is 0.513. The molecule has 2 atom stereocenters. The molecule has 0 radical (unpaired) electrons. The van der Waals surface area contributed by atoms with E-state index in [1.165, 1.54) is 40.9 Å². The molecule has 0 bridgehead atoms. The van der Waals surface area contributed by atoms with Gasteiger partial charge in [0.2, 0.25) is 5.88 Å². The number of hydrogen-bond acceptors (Lipinski definition) is 12. The Balaban J connectivity index is 0.000000422. The summed E-state index contributed by atoms with van der Waals surface area (Å²) in [5, 5.41) is 37.1. The van der Waals surface area contributed by atoms with Gasteiger partial charge in [0.15, 0.2) is 0 Å². The van der Waals surface area contributed by atoms with Crippen molar-refractivity contribution >= 4 is 29.4 Å². The van der Waals surface area contributed by atoms with Crippen LogP contribution in [0.25, 0.3) is 0 Å². The molecule has 1 fully saturated rings. The zero-order chi connectivity index (χ0) is 43.2. The van der Waals surface area contributed by atoms with Gasteiger partial charge in [0, 0.05) is 25.6 Å². The molecule has 1 aromatic carbocycles. The predicted molar refractivity (Wildman–Crippen MR) is 203 cm³/mol. The highest BCUT2D eigenvalue weighted by Gasteiger charge is 2.47. The fourth-order valence-electron chi connectivity index (χ4n) is 6.29. The van der Waals surface area contributed by atoms with E-state index < -0.39 is 52.2 Å². The fourth-order valence-corrected chi connectivity index (χ4v) is 6.29. The Morgan fingerprint density at radius 3 is 2.14 bits per heavy atom. The lowest BCUT2D eigenvalue weighted by Crippen LogP contribution is -2.61. The van der Waals surface area contributed by atoms with Gasteiger partial charge in [0.25, 0.3) is 0 Å². The summed E-state index contributed by atoms with van der Waals surface area (Å²) >= 11 is 0. The Hall–Kier alpha value is -5.58. The summed E-state index contributed by atoms with van der Waals surface area (Å²) in [6.07, 6.45) is -3.90. The smallest absolute Gasteiger partial charge is 0.416 e. The molecule has 2 aliphatic heterocycles. The summed E-state index contributed by atoms with van der Waals surface area (Å²) < 4.78 is 56.9. The maximum absolute atomic E-state index is 13.7. The van der Waals surface area contributed by atoms with Gasteiger partial charge in [-0.2, -0.15) is 18.4 Å². The number of hydrogen-bond donors (Lipinski definition) is 4. The molecule has 1 saturated heterocycles. The predicted octanol–water partition coefficient (Wildman–Crippen LogP) is 5.51. The molecule has 2 aromatic heterocycles. The first-order chi connectivity index (χ1) is 27.1. The van der Waals surface area contributed by atoms with Crippen LogP contribution in [0.5, 0.6) is 5.88 Å². The molecule has 5 rings (SSSR count). The number of ether oxygens (including phenoxy) is 3. The van der Waals surface area contributed by atoms with Gasteiger partial charge >= 0.3 is 24.2 Å². The summed E-state index contributed by atoms with van der Waals surface area (Å²) in [6, 6.07) is 8.17. The number of pyridine rings is 1. The molecule has 3 aromatic rings. The standard InChI is InChI=1S/C29H30F3N7O4.C10H18O5/c1-3-28(34)14-20(25-22(39(28)27(40)41)4-5-24(37-25)42-2)26-35-16-23(38-6-8-43-9-7-38)21(36-26)13-17-10-18(15-33)12-19(11-17)29(30,31)32;1-9(2,7(11)12)5-15-6-10(3,4)8(13)14/h4-5,10-12,16,20H,3,6-9,13-14,34H2,1-2H3,(H,40,41);5-6H2,1-4H3,(H,11,12)(H,13,14)/t20-,28+;/m0./s1. The van der Waals surface area contributed by atoms with E-state index in [9.17, 15) is 37.9 Å². The Kier molecular flexibility index (Phi) is 13.9. The Morgan fingerprint density at radius 2 is 1.62 bits per heavy atom. The summed E-state index contributed by atoms with van der Waals surface area (Å²) in [7, 11) is 1.44. The van der Waals surface area contributed by atoms with Crippen LogP contribution in [0.3, 0.4) is 0 Å². The van der Waals surface area contributed by atoms with Crippen LogP contribution in [0.15, 0.2) is 36.5 Å². The molecule has 0 aliphatic carbocycles. The molecule has 19 heteroatoms. The van der Waals surface area contributed by atoms with Crippen LogP contribution in [0.1, 0.15) is 87.3 Å². The van der Waals surface area contributed by atoms with E-state index in [-0.39, 0.29) is 61.0 Å². The average Bonchev–Trinajstić information content (AvgIpc) is 3.17. The van der Waals surface area contributed by atoms with Crippen molar-refractivity contribution in [1.82, 2.24) is 15.0 Å². The third-order valence-corrected chi connectivity index (χ3v) is 9.90. The van der Waals surface area contributed by atoms with Gasteiger partial charge in [-0.3, -0.25) is 14.5 Å². The molecular formula is C39H48F3N7O9. The van der Waals surface area contributed by atoms with Crippen LogP contribution in [0.4, 0.5) is 29.3 Å². The van der Waals surface area contributed by atoms with Crippen LogP contribution < -0.4 is 20.3 Å². The third-order valence-electron chi connectivity index (χ3n) is 9.90. The van der Waals surface area contributed by atoms with E-state index in [0.29, 0.717) is 43.4 Å². The molecule has 1 amide bonds. The third kappa shape index (κ3) is 10.5. The lowest BCUT2D eigenvalue weighted by Gasteiger charge is -2.45. The van der Waals surface area contributed by atoms with Crippen molar-refractivity contribution in [2.45, 2.75) is 71.6 Å². The molecule has 314 valence electrons. The number of carboxylic acid groups (broad SMARTS) is 3. The lowest BCUT2D eigenvalue weighted by atomic mass is 9.83. The van der Waals surface area contributed by atoms with Gasteiger partial charge < -0.3 is 40.2 Å². The number of carbonyl (C=O) groups is 3. The molecule has 0 unspecified atom stereocenters. The molecule has 2 aliphatic rings. The molecule has 58 heavy (non-hydrogen) atoms. The summed E-state index contributed by atoms with van der Waals surface area (Å²) in [4.78, 5) is 51.0. The van der Waals surface area contributed by atoms with E-state index in [1.54, 1.807) is 25.3 Å². The summed E-state index contributed by atoms with van der Waals surface area (Å²) in [6.45, 7) is 9.88. The minimum Gasteiger partial charge on any atom is -0.481 e. The van der Waals surface area contributed by atoms with Crippen molar-refractivity contribution in [3.63, 3.8) is 0 Å². The monoisotopic (exact) mass is 815 g/mol. The molecule has 5 N–H and O–H groups in total. The van der Waals surface area contributed by atoms with Crippen LogP contribution in [0, 0.1) is 22.2 Å². The Morgan fingerprint density at radius 1 is 1.00 bits per heavy atom. The highest BCUT2D eigenvalue weighted by atomic mass is 19.4. The number of anilines is 2. The number of rotatable bonds is 12. The van der Waals surface area contributed by atoms with E-state index in [4.69, 9.17) is 35.1 Å². The number of nitrogens with zero attached hydrogens (tertiary/aromatic N) is 6. The van der Waals surface area contributed by atoms with Crippen LogP contribution in [-0.2, 0) is 31.7 Å². The number of alkyl halides is 3. The highest BCUT2D eigenvalue weighted by Crippen LogP contribution is 2.45. The molecular weight excluding hydrogens is 767 g/mol. The van der Waals surface area contributed by atoms with E-state index in [1.807, 2.05) is 11.0 Å². The van der Waals surface area contributed by atoms with Gasteiger partial charge in [0.05, 0.1) is 96.4 Å². The Bertz CT molecular complexity index is 2010. The SMILES string of the molecule is CC(C)(COCC(C)(C)C(=O)O)C(=O)O.CC[C@]1(N)C[C@H](c2ncc(N3CCOCC3)c(Cc3cc(C#N)cc(C(F)(F)F)c3)n2)c2nc(OC)ccc2N1C(=O)O. The highest BCUT2D eigenvalue weighted by molar-refractivity contribution is 5.89. The number of nitriles is 1. The van der Waals surface area contributed by atoms with Crippen molar-refractivity contribution in [2.75, 3.05) is 56.4 Å². The normalized spacial score (nSPS) is 18.3. The number of aromatic nitrogens is 3. The number of carboxylic acids is 2. The Labute approximate surface area is 333 Å². The van der Waals surface area contributed by atoms with Gasteiger partial charge in [-0.25, -0.2) is 19.7 Å². The molecule has 4 heterocycles. The maximum atomic E-state index is 13.7. The van der Waals surface area contributed by atoms with Gasteiger partial charge in [0.1, 0.15) is 11.5 Å². The van der Waals surface area contributed by atoms with Gasteiger partial charge in [-0.15, -0.1) is 0 Å². The van der Waals surface area contributed by atoms with E-state index in [2.05, 4.69) is 9.97 Å². The van der Waals surface area contributed by atoms with Crippen molar-refractivity contribution in [1.29, 1.82) is 5.26 Å². The second-order valence-electron chi connectivity index (χ2n) is 15.3. The summed E-state index contributed by atoms with van der Waals surface area (Å²) in [5.74, 6) is -2.03. The molecule has 0 spiro atoms. The number of nitrogens with two attached hydrogens (primary N) is 1. The first-order valence-corrected chi connectivity index (χ1v) is 18.3. The van der Waals surface area contributed by atoms with Crippen LogP contribution in [0.2, 0.25) is 0 Å². The van der Waals surface area contributed by atoms with Crippen LogP contribution in [-0.4, -0.2) is 101 Å². The quantitative estimate of drug-likeness (QED) is 0.177. The number of morpholine rings is 1. The molecule has 16 nitrogen and oxygen atoms in total. The van der Waals surface area contributed by atoms with Crippen molar-refractivity contribution < 1.29 is 57.1 Å². The second kappa shape index (κ2) is 17.9. The first kappa shape index (κ1) is 45.1. The molecule has 0 saturated carbocycles. The minimum atomic E-state index is -4.64. The van der Waals surface area contributed by atoms with Crippen molar-refractivity contribution in [3.8, 4) is 11.9 Å². The summed E-state index contributed by atoms with van der Waals surface area (Å²) in [5.41, 5.74) is 4.30. The number of halogens is 3. The lowest BCUT2D eigenvalue weighted by molar-refractivity contribution is -0.155. The van der Waals surface area contributed by atoms with Crippen LogP contribution >= 0.6 is 0 Å². The number of aliphatic carboxylic acids is 2. The zero-order valence-electron chi connectivity index (χ0n) is 33.1. The van der Waals surface area contributed by atoms with E-state index in [0.717, 1.165) is 17.0 Å². The number of amides is 1. The van der Waals surface area contributed by atoms with E-state index >= 15 is 0 Å². The number of fused-ring (bicyclic) bond motifs is 1.